The van der Waals surface area contributed by atoms with Gasteiger partial charge in [-0.15, -0.1) is 0 Å². The van der Waals surface area contributed by atoms with Gasteiger partial charge in [-0.1, -0.05) is 11.6 Å². The molecule has 2 aromatic rings. The Morgan fingerprint density at radius 1 is 1.21 bits per heavy atom. The van der Waals surface area contributed by atoms with Crippen molar-refractivity contribution in [3.63, 3.8) is 0 Å². The third kappa shape index (κ3) is 1.48. The lowest BCUT2D eigenvalue weighted by Crippen LogP contribution is -1.90. The molecular formula is C9H5ClF2N2. The maximum absolute atomic E-state index is 13.3. The number of hydrogen-bond donors (Lipinski definition) is 1. The fraction of sp³-hybridized carbons (Fsp3) is 0. The van der Waals surface area contributed by atoms with E-state index >= 15 is 0 Å². The fourth-order valence-corrected chi connectivity index (χ4v) is 1.38. The van der Waals surface area contributed by atoms with Gasteiger partial charge in [-0.05, 0) is 18.2 Å². The summed E-state index contributed by atoms with van der Waals surface area (Å²) in [6, 6.07) is 3.58. The predicted octanol–water partition coefficient (Wildman–Crippen LogP) is 3.01. The second-order valence-electron chi connectivity index (χ2n) is 2.70. The quantitative estimate of drug-likeness (QED) is 0.777. The molecule has 1 heterocycles. The summed E-state index contributed by atoms with van der Waals surface area (Å²) in [6.07, 6.45) is 1.49. The first-order valence-corrected chi connectivity index (χ1v) is 4.21. The van der Waals surface area contributed by atoms with Crippen LogP contribution in [-0.2, 0) is 0 Å². The van der Waals surface area contributed by atoms with E-state index in [9.17, 15) is 8.78 Å². The highest BCUT2D eigenvalue weighted by molar-refractivity contribution is 6.30. The van der Waals surface area contributed by atoms with Crippen LogP contribution < -0.4 is 0 Å². The lowest BCUT2D eigenvalue weighted by Gasteiger charge is -2.01. The molecule has 0 bridgehead atoms. The highest BCUT2D eigenvalue weighted by Crippen LogP contribution is 2.26. The predicted molar refractivity (Wildman–Crippen MR) is 48.9 cm³/mol. The molecule has 0 amide bonds. The van der Waals surface area contributed by atoms with Crippen molar-refractivity contribution < 1.29 is 8.78 Å². The number of benzene rings is 1. The van der Waals surface area contributed by atoms with Crippen LogP contribution in [0.3, 0.4) is 0 Å². The zero-order valence-corrected chi connectivity index (χ0v) is 7.65. The fourth-order valence-electron chi connectivity index (χ4n) is 1.19. The highest BCUT2D eigenvalue weighted by Gasteiger charge is 2.13. The molecule has 2 rings (SSSR count). The lowest BCUT2D eigenvalue weighted by atomic mass is 10.1. The number of nitrogens with one attached hydrogen (secondary N) is 1. The van der Waals surface area contributed by atoms with Crippen LogP contribution in [-0.4, -0.2) is 10.2 Å². The molecule has 0 aliphatic heterocycles. The second-order valence-corrected chi connectivity index (χ2v) is 3.14. The molecule has 0 aliphatic carbocycles. The number of hydrogen-bond acceptors (Lipinski definition) is 1. The normalized spacial score (nSPS) is 10.5. The summed E-state index contributed by atoms with van der Waals surface area (Å²) >= 11 is 5.48. The van der Waals surface area contributed by atoms with Crippen LogP contribution in [0.15, 0.2) is 24.4 Å². The number of halogens is 3. The number of aromatic nitrogens is 2. The first kappa shape index (κ1) is 9.15. The van der Waals surface area contributed by atoms with Gasteiger partial charge in [0.1, 0.15) is 11.6 Å². The summed E-state index contributed by atoms with van der Waals surface area (Å²) < 4.78 is 26.6. The zero-order chi connectivity index (χ0) is 10.1. The van der Waals surface area contributed by atoms with Crippen molar-refractivity contribution >= 4 is 11.6 Å². The Morgan fingerprint density at radius 3 is 2.36 bits per heavy atom. The summed E-state index contributed by atoms with van der Waals surface area (Å²) in [5.74, 6) is -1.44. The number of rotatable bonds is 1. The maximum atomic E-state index is 13.3. The first-order chi connectivity index (χ1) is 6.68. The van der Waals surface area contributed by atoms with E-state index in [0.29, 0.717) is 0 Å². The molecule has 0 unspecified atom stereocenters. The Kier molecular flexibility index (Phi) is 2.21. The van der Waals surface area contributed by atoms with Crippen molar-refractivity contribution in [3.8, 4) is 11.3 Å². The van der Waals surface area contributed by atoms with Crippen LogP contribution in [0.4, 0.5) is 8.78 Å². The van der Waals surface area contributed by atoms with E-state index in [4.69, 9.17) is 11.6 Å². The SMILES string of the molecule is Fc1cc(Cl)cc(F)c1-c1cc[nH]n1. The van der Waals surface area contributed by atoms with Crippen molar-refractivity contribution in [2.75, 3.05) is 0 Å². The molecule has 0 radical (unpaired) electrons. The van der Waals surface area contributed by atoms with Gasteiger partial charge >= 0.3 is 0 Å². The van der Waals surface area contributed by atoms with Gasteiger partial charge in [0.15, 0.2) is 0 Å². The lowest BCUT2D eigenvalue weighted by molar-refractivity contribution is 0.588. The minimum Gasteiger partial charge on any atom is -0.285 e. The minimum atomic E-state index is -0.720. The Hall–Kier alpha value is -1.42. The second kappa shape index (κ2) is 3.38. The van der Waals surface area contributed by atoms with Gasteiger partial charge in [-0.25, -0.2) is 8.78 Å². The van der Waals surface area contributed by atoms with Crippen molar-refractivity contribution in [1.82, 2.24) is 10.2 Å². The van der Waals surface area contributed by atoms with E-state index in [1.165, 1.54) is 12.3 Å². The standard InChI is InChI=1S/C9H5ClF2N2/c10-5-3-6(11)9(7(12)4-5)8-1-2-13-14-8/h1-4H,(H,13,14). The minimum absolute atomic E-state index is 0.0271. The Morgan fingerprint density at radius 2 is 1.86 bits per heavy atom. The maximum Gasteiger partial charge on any atom is 0.137 e. The summed E-state index contributed by atoms with van der Waals surface area (Å²) in [7, 11) is 0. The monoisotopic (exact) mass is 214 g/mol. The van der Waals surface area contributed by atoms with Gasteiger partial charge in [0.2, 0.25) is 0 Å². The number of aromatic amines is 1. The number of nitrogens with zero attached hydrogens (tertiary/aromatic N) is 1. The van der Waals surface area contributed by atoms with Gasteiger partial charge in [0, 0.05) is 11.2 Å². The van der Waals surface area contributed by atoms with E-state index in [0.717, 1.165) is 12.1 Å². The van der Waals surface area contributed by atoms with Crippen LogP contribution >= 0.6 is 11.6 Å². The van der Waals surface area contributed by atoms with Crippen LogP contribution in [0, 0.1) is 11.6 Å². The van der Waals surface area contributed by atoms with E-state index in [1.807, 2.05) is 0 Å². The topological polar surface area (TPSA) is 28.7 Å². The van der Waals surface area contributed by atoms with Crippen LogP contribution in [0.5, 0.6) is 0 Å². The molecule has 0 saturated heterocycles. The molecule has 0 spiro atoms. The van der Waals surface area contributed by atoms with Crippen molar-refractivity contribution in [1.29, 1.82) is 0 Å². The molecule has 0 atom stereocenters. The molecule has 1 aromatic heterocycles. The molecule has 2 nitrogen and oxygen atoms in total. The first-order valence-electron chi connectivity index (χ1n) is 3.83. The average molecular weight is 215 g/mol. The van der Waals surface area contributed by atoms with E-state index in [-0.39, 0.29) is 16.3 Å². The van der Waals surface area contributed by atoms with Crippen LogP contribution in [0.25, 0.3) is 11.3 Å². The van der Waals surface area contributed by atoms with Gasteiger partial charge < -0.3 is 0 Å². The van der Waals surface area contributed by atoms with Gasteiger partial charge in [-0.2, -0.15) is 5.10 Å². The van der Waals surface area contributed by atoms with Crippen molar-refractivity contribution in [3.05, 3.63) is 41.1 Å². The summed E-state index contributed by atoms with van der Waals surface area (Å²) in [6.45, 7) is 0. The van der Waals surface area contributed by atoms with Gasteiger partial charge in [0.25, 0.3) is 0 Å². The molecule has 14 heavy (non-hydrogen) atoms. The van der Waals surface area contributed by atoms with Crippen LogP contribution in [0.1, 0.15) is 0 Å². The molecule has 1 aromatic carbocycles. The molecule has 1 N–H and O–H groups in total. The molecular weight excluding hydrogens is 210 g/mol. The molecule has 0 fully saturated rings. The Bertz CT molecular complexity index is 431. The van der Waals surface area contributed by atoms with E-state index in [1.54, 1.807) is 0 Å². The van der Waals surface area contributed by atoms with Crippen LogP contribution in [0.2, 0.25) is 5.02 Å². The summed E-state index contributed by atoms with van der Waals surface area (Å²) in [4.78, 5) is 0. The molecule has 5 heteroatoms. The smallest absolute Gasteiger partial charge is 0.137 e. The third-order valence-corrected chi connectivity index (χ3v) is 1.98. The number of H-pyrrole nitrogens is 1. The Labute approximate surface area is 83.5 Å². The van der Waals surface area contributed by atoms with Gasteiger partial charge in [0.05, 0.1) is 11.3 Å². The third-order valence-electron chi connectivity index (χ3n) is 1.76. The summed E-state index contributed by atoms with van der Waals surface area (Å²) in [5, 5.41) is 6.20. The molecule has 0 aliphatic rings. The van der Waals surface area contributed by atoms with Gasteiger partial charge in [-0.3, -0.25) is 5.10 Å². The van der Waals surface area contributed by atoms with E-state index < -0.39 is 11.6 Å². The molecule has 72 valence electrons. The summed E-state index contributed by atoms with van der Waals surface area (Å²) in [5.41, 5.74) is 0.0484. The average Bonchev–Trinajstić information content (AvgIpc) is 2.54. The van der Waals surface area contributed by atoms with Crippen molar-refractivity contribution in [2.45, 2.75) is 0 Å². The van der Waals surface area contributed by atoms with E-state index in [2.05, 4.69) is 10.2 Å². The Balaban J connectivity index is 2.64. The zero-order valence-electron chi connectivity index (χ0n) is 6.89. The van der Waals surface area contributed by atoms with Crippen molar-refractivity contribution in [2.24, 2.45) is 0 Å². The largest absolute Gasteiger partial charge is 0.285 e. The molecule has 0 saturated carbocycles. The highest BCUT2D eigenvalue weighted by atomic mass is 35.5.